The maximum atomic E-state index is 13.7. The van der Waals surface area contributed by atoms with Crippen molar-refractivity contribution in [2.24, 2.45) is 23.7 Å². The molecule has 0 radical (unpaired) electrons. The molecule has 0 amide bonds. The first-order chi connectivity index (χ1) is 21.9. The fourth-order valence-electron chi connectivity index (χ4n) is 7.17. The average Bonchev–Trinajstić information content (AvgIpc) is 3.49. The predicted molar refractivity (Wildman–Crippen MR) is 191 cm³/mol. The molecule has 2 aliphatic rings. The Hall–Kier alpha value is -1.08. The van der Waals surface area contributed by atoms with E-state index in [1.165, 1.54) is 54.1 Å². The van der Waals surface area contributed by atoms with Crippen LogP contribution in [0.4, 0.5) is 0 Å². The van der Waals surface area contributed by atoms with Crippen molar-refractivity contribution < 1.29 is 29.6 Å². The number of carbonyl (C=O) groups excluding carboxylic acids is 2. The predicted octanol–water partition coefficient (Wildman–Crippen LogP) is 7.41. The molecule has 5 unspecified atom stereocenters. The molecule has 11 heteroatoms. The van der Waals surface area contributed by atoms with Gasteiger partial charge in [-0.2, -0.15) is 0 Å². The monoisotopic (exact) mass is 696 g/mol. The van der Waals surface area contributed by atoms with Gasteiger partial charge in [0.2, 0.25) is 0 Å². The van der Waals surface area contributed by atoms with Crippen molar-refractivity contribution in [2.75, 3.05) is 6.26 Å². The van der Waals surface area contributed by atoms with Crippen LogP contribution in [-0.2, 0) is 9.53 Å². The number of thiophene rings is 1. The number of nitrogens with one attached hydrogen (secondary N) is 2. The lowest BCUT2D eigenvalue weighted by Gasteiger charge is -2.44. The Bertz CT molecular complexity index is 1150. The molecule has 3 rings (SSSR count). The second-order valence-electron chi connectivity index (χ2n) is 13.4. The zero-order valence-corrected chi connectivity index (χ0v) is 30.7. The number of rotatable bonds is 19. The van der Waals surface area contributed by atoms with E-state index < -0.39 is 41.7 Å². The normalized spacial score (nSPS) is 26.1. The molecule has 1 aromatic rings. The van der Waals surface area contributed by atoms with Gasteiger partial charge in [0.15, 0.2) is 5.78 Å². The minimum atomic E-state index is -1.47. The molecule has 8 atom stereocenters. The highest BCUT2D eigenvalue weighted by Crippen LogP contribution is 2.41. The van der Waals surface area contributed by atoms with Crippen LogP contribution in [0.3, 0.4) is 0 Å². The van der Waals surface area contributed by atoms with Crippen LogP contribution in [0.25, 0.3) is 0 Å². The standard InChI is InChI=1S/C35H56N2O6S3/c1-6-11-22(12-7-2)17-24(20(3)36)26(38)19-25(37)30(34-32(41)31(40)33(42)35(43-34)44-5)21(4)45-29-16-15-28(46-29)27(39)18-23-13-9-8-10-14-23/h15-16,21-24,30-37,40-42H,6-14,17-19H2,1-5H3/t21-,24+,30-,31?,32?,33?,34?,35?/m1/s1. The Labute approximate surface area is 288 Å². The summed E-state index contributed by atoms with van der Waals surface area (Å²) in [5.41, 5.74) is -0.429. The first-order valence-electron chi connectivity index (χ1n) is 17.1. The Morgan fingerprint density at radius 2 is 1.67 bits per heavy atom. The maximum Gasteiger partial charge on any atom is 0.173 e. The van der Waals surface area contributed by atoms with Gasteiger partial charge in [-0.05, 0) is 43.6 Å². The first kappa shape index (κ1) is 39.4. The van der Waals surface area contributed by atoms with Gasteiger partial charge in [-0.25, -0.2) is 0 Å². The molecule has 2 fully saturated rings. The van der Waals surface area contributed by atoms with Crippen molar-refractivity contribution in [1.82, 2.24) is 0 Å². The van der Waals surface area contributed by atoms with Gasteiger partial charge in [-0.1, -0.05) is 78.6 Å². The molecule has 1 aliphatic carbocycles. The highest BCUT2D eigenvalue weighted by molar-refractivity contribution is 8.01. The molecule has 1 saturated heterocycles. The highest BCUT2D eigenvalue weighted by atomic mass is 32.2. The Kier molecular flexibility index (Phi) is 16.4. The second-order valence-corrected chi connectivity index (χ2v) is 17.1. The van der Waals surface area contributed by atoms with Crippen molar-refractivity contribution in [3.63, 3.8) is 0 Å². The summed E-state index contributed by atoms with van der Waals surface area (Å²) in [6.45, 7) is 7.83. The fraction of sp³-hybridized carbons (Fsp3) is 0.771. The zero-order chi connectivity index (χ0) is 34.0. The lowest BCUT2D eigenvalue weighted by atomic mass is 9.79. The molecule has 0 spiro atoms. The van der Waals surface area contributed by atoms with E-state index >= 15 is 0 Å². The van der Waals surface area contributed by atoms with Crippen molar-refractivity contribution >= 4 is 57.9 Å². The minimum absolute atomic E-state index is 0.0800. The Morgan fingerprint density at radius 1 is 1.02 bits per heavy atom. The van der Waals surface area contributed by atoms with E-state index in [1.807, 2.05) is 19.1 Å². The molecule has 5 N–H and O–H groups in total. The quantitative estimate of drug-likeness (QED) is 0.0570. The topological polar surface area (TPSA) is 152 Å². The summed E-state index contributed by atoms with van der Waals surface area (Å²) < 4.78 is 7.06. The summed E-state index contributed by atoms with van der Waals surface area (Å²) in [6.07, 6.45) is 7.29. The van der Waals surface area contributed by atoms with Gasteiger partial charge in [0.05, 0.1) is 21.1 Å². The summed E-state index contributed by atoms with van der Waals surface area (Å²) in [7, 11) is 0. The van der Waals surface area contributed by atoms with E-state index in [1.54, 1.807) is 13.2 Å². The molecule has 46 heavy (non-hydrogen) atoms. The number of carbonyl (C=O) groups is 2. The Morgan fingerprint density at radius 3 is 2.26 bits per heavy atom. The van der Waals surface area contributed by atoms with Crippen molar-refractivity contribution in [3.8, 4) is 0 Å². The summed E-state index contributed by atoms with van der Waals surface area (Å²) >= 11 is 4.11. The van der Waals surface area contributed by atoms with E-state index in [0.717, 1.165) is 47.6 Å². The van der Waals surface area contributed by atoms with Gasteiger partial charge in [0.1, 0.15) is 29.5 Å². The van der Waals surface area contributed by atoms with Gasteiger partial charge in [-0.15, -0.1) is 34.9 Å². The number of ketones is 2. The molecule has 1 aliphatic heterocycles. The van der Waals surface area contributed by atoms with Crippen LogP contribution in [0, 0.1) is 34.5 Å². The summed E-state index contributed by atoms with van der Waals surface area (Å²) in [5.74, 6) is -0.584. The smallest absolute Gasteiger partial charge is 0.173 e. The minimum Gasteiger partial charge on any atom is -0.388 e. The molecule has 260 valence electrons. The van der Waals surface area contributed by atoms with Crippen LogP contribution in [0.5, 0.6) is 0 Å². The molecule has 1 aromatic heterocycles. The third-order valence-electron chi connectivity index (χ3n) is 9.70. The number of aliphatic hydroxyl groups is 3. The van der Waals surface area contributed by atoms with Crippen LogP contribution in [0.1, 0.15) is 114 Å². The van der Waals surface area contributed by atoms with Gasteiger partial charge in [-0.3, -0.25) is 9.59 Å². The summed E-state index contributed by atoms with van der Waals surface area (Å²) in [5, 5.41) is 49.7. The molecular formula is C35H56N2O6S3. The number of hydrogen-bond donors (Lipinski definition) is 5. The number of aliphatic hydroxyl groups excluding tert-OH is 3. The van der Waals surface area contributed by atoms with E-state index in [-0.39, 0.29) is 28.9 Å². The van der Waals surface area contributed by atoms with Gasteiger partial charge in [0.25, 0.3) is 0 Å². The second kappa shape index (κ2) is 19.2. The third-order valence-corrected chi connectivity index (χ3v) is 13.0. The van der Waals surface area contributed by atoms with Crippen LogP contribution in [-0.4, -0.2) is 79.7 Å². The first-order valence-corrected chi connectivity index (χ1v) is 20.1. The van der Waals surface area contributed by atoms with Crippen LogP contribution >= 0.6 is 34.9 Å². The molecule has 1 saturated carbocycles. The van der Waals surface area contributed by atoms with E-state index in [0.29, 0.717) is 30.4 Å². The van der Waals surface area contributed by atoms with Gasteiger partial charge < -0.3 is 30.9 Å². The maximum absolute atomic E-state index is 13.7. The van der Waals surface area contributed by atoms with Crippen LogP contribution in [0.2, 0.25) is 0 Å². The summed E-state index contributed by atoms with van der Waals surface area (Å²) in [4.78, 5) is 27.5. The lowest BCUT2D eigenvalue weighted by Crippen LogP contribution is -2.60. The molecule has 8 nitrogen and oxygen atoms in total. The molecule has 2 heterocycles. The van der Waals surface area contributed by atoms with Crippen LogP contribution in [0.15, 0.2) is 16.3 Å². The average molecular weight is 697 g/mol. The van der Waals surface area contributed by atoms with Crippen molar-refractivity contribution in [1.29, 1.82) is 10.8 Å². The molecule has 0 bridgehead atoms. The number of hydrogen-bond acceptors (Lipinski definition) is 11. The number of Topliss-reactive ketones (excluding diaryl/α,β-unsaturated/α-hetero) is 2. The van der Waals surface area contributed by atoms with Crippen LogP contribution < -0.4 is 0 Å². The van der Waals surface area contributed by atoms with E-state index in [9.17, 15) is 30.3 Å². The SMILES string of the molecule is CCCC(CCC)C[C@@H](C(C)=N)C(=O)CC(=N)[C@H](C1OC(SC)C(O)C(O)C1O)[C@@H](C)Sc1ccc(C(=O)CC2CCCCC2)s1. The molecule has 0 aromatic carbocycles. The fourth-order valence-corrected chi connectivity index (χ4v) is 10.4. The largest absolute Gasteiger partial charge is 0.388 e. The van der Waals surface area contributed by atoms with E-state index in [2.05, 4.69) is 13.8 Å². The van der Waals surface area contributed by atoms with Gasteiger partial charge in [0, 0.05) is 35.4 Å². The number of thioether (sulfide) groups is 2. The van der Waals surface area contributed by atoms with Gasteiger partial charge >= 0.3 is 0 Å². The highest BCUT2D eigenvalue weighted by Gasteiger charge is 2.49. The van der Waals surface area contributed by atoms with Crippen molar-refractivity contribution in [2.45, 2.75) is 144 Å². The Balaban J connectivity index is 1.83. The lowest BCUT2D eigenvalue weighted by molar-refractivity contribution is -0.205. The summed E-state index contributed by atoms with van der Waals surface area (Å²) in [6, 6.07) is 3.79. The zero-order valence-electron chi connectivity index (χ0n) is 28.2. The van der Waals surface area contributed by atoms with Crippen molar-refractivity contribution in [3.05, 3.63) is 17.0 Å². The number of ether oxygens (including phenoxy) is 1. The third kappa shape index (κ3) is 10.7. The van der Waals surface area contributed by atoms with E-state index in [4.69, 9.17) is 10.1 Å². The molecular weight excluding hydrogens is 641 g/mol.